The van der Waals surface area contributed by atoms with Crippen LogP contribution in [-0.2, 0) is 17.7 Å². The van der Waals surface area contributed by atoms with Gasteiger partial charge in [0.15, 0.2) is 11.6 Å². The lowest BCUT2D eigenvalue weighted by atomic mass is 9.87. The molecule has 0 bridgehead atoms. The van der Waals surface area contributed by atoms with Crippen LogP contribution in [0.1, 0.15) is 22.3 Å². The van der Waals surface area contributed by atoms with Crippen LogP contribution >= 0.6 is 11.6 Å². The van der Waals surface area contributed by atoms with Crippen LogP contribution in [0, 0.1) is 11.6 Å². The number of halogens is 3. The summed E-state index contributed by atoms with van der Waals surface area (Å²) in [6, 6.07) is 10.0. The first kappa shape index (κ1) is 12.3. The molecule has 0 saturated carbocycles. The molecule has 0 radical (unpaired) electrons. The maximum absolute atomic E-state index is 14.0. The van der Waals surface area contributed by atoms with Gasteiger partial charge in [0.25, 0.3) is 0 Å². The first-order chi connectivity index (χ1) is 9.47. The number of benzene rings is 2. The number of fused-ring (bicyclic) bond motifs is 5. The second-order valence-electron chi connectivity index (χ2n) is 5.59. The van der Waals surface area contributed by atoms with Gasteiger partial charge < -0.3 is 5.11 Å². The van der Waals surface area contributed by atoms with Crippen LogP contribution in [0.25, 0.3) is 0 Å². The largest absolute Gasteiger partial charge is 0.387 e. The van der Waals surface area contributed by atoms with Crippen molar-refractivity contribution < 1.29 is 13.9 Å². The van der Waals surface area contributed by atoms with Gasteiger partial charge in [-0.3, -0.25) is 0 Å². The molecule has 2 aliphatic carbocycles. The Bertz CT molecular complexity index is 745. The van der Waals surface area contributed by atoms with Gasteiger partial charge in [0.2, 0.25) is 0 Å². The maximum Gasteiger partial charge on any atom is 0.162 e. The Balaban J connectivity index is 2.06. The third kappa shape index (κ3) is 1.21. The van der Waals surface area contributed by atoms with Crippen LogP contribution in [0.4, 0.5) is 8.78 Å². The van der Waals surface area contributed by atoms with E-state index < -0.39 is 22.1 Å². The zero-order chi connectivity index (χ0) is 14.1. The van der Waals surface area contributed by atoms with Crippen molar-refractivity contribution >= 4 is 11.6 Å². The molecule has 0 aliphatic heterocycles. The Morgan fingerprint density at radius 2 is 1.75 bits per heavy atom. The van der Waals surface area contributed by atoms with E-state index in [9.17, 15) is 13.9 Å². The quantitative estimate of drug-likeness (QED) is 0.739. The molecule has 2 atom stereocenters. The molecule has 0 spiro atoms. The van der Waals surface area contributed by atoms with Crippen LogP contribution in [0.3, 0.4) is 0 Å². The molecule has 2 unspecified atom stereocenters. The second-order valence-corrected chi connectivity index (χ2v) is 6.16. The summed E-state index contributed by atoms with van der Waals surface area (Å²) >= 11 is 6.76. The van der Waals surface area contributed by atoms with Gasteiger partial charge in [0.05, 0.1) is 0 Å². The lowest BCUT2D eigenvalue weighted by Gasteiger charge is -2.32. The van der Waals surface area contributed by atoms with Crippen LogP contribution in [0.5, 0.6) is 0 Å². The van der Waals surface area contributed by atoms with E-state index in [2.05, 4.69) is 0 Å². The molecular weight excluding hydrogens is 282 g/mol. The zero-order valence-electron chi connectivity index (χ0n) is 10.5. The summed E-state index contributed by atoms with van der Waals surface area (Å²) in [6.45, 7) is 0. The van der Waals surface area contributed by atoms with E-state index in [0.29, 0.717) is 12.0 Å². The molecule has 1 nitrogen and oxygen atoms in total. The van der Waals surface area contributed by atoms with Gasteiger partial charge in [-0.05, 0) is 28.3 Å². The third-order valence-corrected chi connectivity index (χ3v) is 5.31. The molecule has 0 saturated heterocycles. The second kappa shape index (κ2) is 3.60. The van der Waals surface area contributed by atoms with E-state index >= 15 is 0 Å². The Kier molecular flexibility index (Phi) is 2.21. The van der Waals surface area contributed by atoms with Crippen LogP contribution in [-0.4, -0.2) is 10.7 Å². The predicted molar refractivity (Wildman–Crippen MR) is 71.8 cm³/mol. The minimum Gasteiger partial charge on any atom is -0.387 e. The zero-order valence-corrected chi connectivity index (χ0v) is 11.2. The average molecular weight is 293 g/mol. The Morgan fingerprint density at radius 3 is 2.55 bits per heavy atom. The van der Waals surface area contributed by atoms with E-state index in [4.69, 9.17) is 11.6 Å². The minimum absolute atomic E-state index is 0.0319. The molecule has 4 rings (SSSR count). The van der Waals surface area contributed by atoms with Crippen LogP contribution < -0.4 is 0 Å². The highest BCUT2D eigenvalue weighted by atomic mass is 35.5. The Hall–Kier alpha value is -1.45. The normalized spacial score (nSPS) is 30.0. The van der Waals surface area contributed by atoms with Gasteiger partial charge in [0.1, 0.15) is 10.5 Å². The molecule has 1 N–H and O–H groups in total. The Morgan fingerprint density at radius 1 is 1.00 bits per heavy atom. The van der Waals surface area contributed by atoms with E-state index in [1.165, 1.54) is 6.07 Å². The highest BCUT2D eigenvalue weighted by molar-refractivity contribution is 6.28. The fraction of sp³-hybridized carbons (Fsp3) is 0.250. The standard InChI is InChI=1S/C16H11ClF2O/c17-16-11-4-2-1-3-9(11)7-15(16,20)8-10-12(16)5-6-13(18)14(10)19/h1-6,20H,7-8H2. The molecule has 0 fully saturated rings. The summed E-state index contributed by atoms with van der Waals surface area (Å²) in [4.78, 5) is -1.19. The summed E-state index contributed by atoms with van der Waals surface area (Å²) in [6.07, 6.45) is 0.381. The van der Waals surface area contributed by atoms with Gasteiger partial charge >= 0.3 is 0 Å². The SMILES string of the molecule is OC12Cc3ccccc3C1(Cl)c1ccc(F)c(F)c1C2. The average Bonchev–Trinajstić information content (AvgIpc) is 2.78. The number of aliphatic hydroxyl groups is 1. The van der Waals surface area contributed by atoms with Crippen molar-refractivity contribution in [2.75, 3.05) is 0 Å². The lowest BCUT2D eigenvalue weighted by molar-refractivity contribution is 0.0326. The van der Waals surface area contributed by atoms with Crippen molar-refractivity contribution in [3.8, 4) is 0 Å². The number of hydrogen-bond donors (Lipinski definition) is 1. The molecule has 4 heteroatoms. The van der Waals surface area contributed by atoms with Crippen molar-refractivity contribution in [3.05, 3.63) is 70.3 Å². The summed E-state index contributed by atoms with van der Waals surface area (Å²) in [7, 11) is 0. The van der Waals surface area contributed by atoms with E-state index in [-0.39, 0.29) is 12.0 Å². The summed E-state index contributed by atoms with van der Waals surface area (Å²) < 4.78 is 27.4. The van der Waals surface area contributed by atoms with Gasteiger partial charge in [-0.15, -0.1) is 11.6 Å². The molecular formula is C16H11ClF2O. The van der Waals surface area contributed by atoms with Gasteiger partial charge in [-0.25, -0.2) is 8.78 Å². The number of alkyl halides is 1. The minimum atomic E-state index is -1.30. The molecule has 102 valence electrons. The monoisotopic (exact) mass is 292 g/mol. The molecule has 2 aliphatic rings. The lowest BCUT2D eigenvalue weighted by Crippen LogP contribution is -2.42. The Labute approximate surface area is 119 Å². The third-order valence-electron chi connectivity index (χ3n) is 4.55. The van der Waals surface area contributed by atoms with E-state index in [1.807, 2.05) is 24.3 Å². The molecule has 2 aromatic carbocycles. The number of hydrogen-bond acceptors (Lipinski definition) is 1. The summed E-state index contributed by atoms with van der Waals surface area (Å²) in [5.74, 6) is -1.80. The van der Waals surface area contributed by atoms with Gasteiger partial charge in [-0.1, -0.05) is 30.3 Å². The molecule has 2 aromatic rings. The van der Waals surface area contributed by atoms with E-state index in [1.54, 1.807) is 0 Å². The molecule has 0 amide bonds. The van der Waals surface area contributed by atoms with Crippen molar-refractivity contribution in [1.82, 2.24) is 0 Å². The molecule has 0 aromatic heterocycles. The van der Waals surface area contributed by atoms with Crippen molar-refractivity contribution in [3.63, 3.8) is 0 Å². The fourth-order valence-corrected chi connectivity index (χ4v) is 4.15. The van der Waals surface area contributed by atoms with Crippen molar-refractivity contribution in [2.45, 2.75) is 23.3 Å². The van der Waals surface area contributed by atoms with Crippen LogP contribution in [0.15, 0.2) is 36.4 Å². The summed E-state index contributed by atoms with van der Waals surface area (Å²) in [5.41, 5.74) is 1.12. The van der Waals surface area contributed by atoms with Crippen molar-refractivity contribution in [1.29, 1.82) is 0 Å². The van der Waals surface area contributed by atoms with E-state index in [0.717, 1.165) is 17.2 Å². The molecule has 0 heterocycles. The first-order valence-electron chi connectivity index (χ1n) is 6.44. The summed E-state index contributed by atoms with van der Waals surface area (Å²) in [5, 5.41) is 10.9. The van der Waals surface area contributed by atoms with Crippen LogP contribution in [0.2, 0.25) is 0 Å². The number of rotatable bonds is 0. The topological polar surface area (TPSA) is 20.2 Å². The maximum atomic E-state index is 14.0. The first-order valence-corrected chi connectivity index (χ1v) is 6.82. The van der Waals surface area contributed by atoms with Gasteiger partial charge in [0, 0.05) is 12.8 Å². The smallest absolute Gasteiger partial charge is 0.162 e. The highest BCUT2D eigenvalue weighted by Gasteiger charge is 2.62. The predicted octanol–water partition coefficient (Wildman–Crippen LogP) is 3.29. The van der Waals surface area contributed by atoms with Gasteiger partial charge in [-0.2, -0.15) is 0 Å². The fourth-order valence-electron chi connectivity index (χ4n) is 3.66. The molecule has 20 heavy (non-hydrogen) atoms. The van der Waals surface area contributed by atoms with Crippen molar-refractivity contribution in [2.24, 2.45) is 0 Å². The highest BCUT2D eigenvalue weighted by Crippen LogP contribution is 2.60.